The highest BCUT2D eigenvalue weighted by Gasteiger charge is 2.56. The Morgan fingerprint density at radius 3 is 2.22 bits per heavy atom. The lowest BCUT2D eigenvalue weighted by Crippen LogP contribution is -2.54. The Morgan fingerprint density at radius 1 is 1.08 bits per heavy atom. The van der Waals surface area contributed by atoms with Crippen molar-refractivity contribution in [2.24, 2.45) is 17.1 Å². The molecule has 0 aliphatic heterocycles. The van der Waals surface area contributed by atoms with E-state index in [-0.39, 0.29) is 30.3 Å². The first-order chi connectivity index (χ1) is 17.0. The van der Waals surface area contributed by atoms with Crippen molar-refractivity contribution in [3.8, 4) is 0 Å². The van der Waals surface area contributed by atoms with Gasteiger partial charge < -0.3 is 16.2 Å². The minimum Gasteiger partial charge on any atom is -0.390 e. The topological polar surface area (TPSA) is 130 Å². The van der Waals surface area contributed by atoms with Crippen LogP contribution in [-0.2, 0) is 26.0 Å². The Bertz CT molecular complexity index is 1150. The Morgan fingerprint density at radius 2 is 1.69 bits per heavy atom. The van der Waals surface area contributed by atoms with E-state index >= 15 is 0 Å². The number of hydrogen-bond donors (Lipinski definition) is 3. The number of aliphatic hydroxyl groups is 1. The lowest BCUT2D eigenvalue weighted by molar-refractivity contribution is -0.136. The highest BCUT2D eigenvalue weighted by Crippen LogP contribution is 2.45. The van der Waals surface area contributed by atoms with Gasteiger partial charge in [-0.1, -0.05) is 68.3 Å². The van der Waals surface area contributed by atoms with E-state index in [1.807, 2.05) is 51.1 Å². The number of benzene rings is 2. The predicted octanol–water partition coefficient (Wildman–Crippen LogP) is 2.39. The van der Waals surface area contributed by atoms with Crippen LogP contribution in [0.25, 0.3) is 0 Å². The number of aryl methyl sites for hydroxylation is 1. The van der Waals surface area contributed by atoms with Crippen molar-refractivity contribution in [3.63, 3.8) is 0 Å². The maximum atomic E-state index is 13.6. The fraction of sp³-hybridized carbons (Fsp3) is 0.481. The normalized spacial score (nSPS) is 17.2. The fourth-order valence-corrected chi connectivity index (χ4v) is 5.69. The number of nitrogens with one attached hydrogen (secondary N) is 1. The van der Waals surface area contributed by atoms with Crippen molar-refractivity contribution in [2.75, 3.05) is 13.1 Å². The zero-order valence-electron chi connectivity index (χ0n) is 21.2. The molecule has 2 aromatic carbocycles. The summed E-state index contributed by atoms with van der Waals surface area (Å²) in [6.45, 7) is 5.83. The van der Waals surface area contributed by atoms with Crippen molar-refractivity contribution in [1.82, 2.24) is 9.62 Å². The number of nitrogens with zero attached hydrogens (tertiary/aromatic N) is 1. The summed E-state index contributed by atoms with van der Waals surface area (Å²) in [6.07, 6.45) is 0.544. The van der Waals surface area contributed by atoms with Gasteiger partial charge in [-0.3, -0.25) is 9.59 Å². The van der Waals surface area contributed by atoms with Crippen LogP contribution in [0.15, 0.2) is 59.5 Å². The van der Waals surface area contributed by atoms with E-state index in [9.17, 15) is 23.1 Å². The lowest BCUT2D eigenvalue weighted by atomic mass is 9.98. The van der Waals surface area contributed by atoms with Crippen molar-refractivity contribution < 1.29 is 23.1 Å². The molecule has 2 aromatic rings. The first kappa shape index (κ1) is 27.8. The molecule has 0 aromatic heterocycles. The van der Waals surface area contributed by atoms with Gasteiger partial charge in [-0.2, -0.15) is 4.31 Å². The monoisotopic (exact) mass is 515 g/mol. The molecule has 1 aliphatic rings. The van der Waals surface area contributed by atoms with E-state index in [4.69, 9.17) is 5.73 Å². The summed E-state index contributed by atoms with van der Waals surface area (Å²) in [7, 11) is -3.90. The molecule has 196 valence electrons. The molecule has 0 spiro atoms. The van der Waals surface area contributed by atoms with Crippen LogP contribution in [0.2, 0.25) is 0 Å². The summed E-state index contributed by atoms with van der Waals surface area (Å²) in [4.78, 5) is 25.0. The molecule has 0 radical (unpaired) electrons. The maximum Gasteiger partial charge on any atom is 0.243 e. The van der Waals surface area contributed by atoms with Crippen molar-refractivity contribution in [2.45, 2.75) is 63.5 Å². The third-order valence-electron chi connectivity index (χ3n) is 7.00. The molecule has 1 fully saturated rings. The van der Waals surface area contributed by atoms with E-state index in [2.05, 4.69) is 5.32 Å². The smallest absolute Gasteiger partial charge is 0.243 e. The second-order valence-electron chi connectivity index (χ2n) is 9.93. The van der Waals surface area contributed by atoms with Gasteiger partial charge in [0.05, 0.1) is 17.0 Å². The van der Waals surface area contributed by atoms with Gasteiger partial charge in [-0.15, -0.1) is 0 Å². The highest BCUT2D eigenvalue weighted by atomic mass is 32.2. The molecule has 8 nitrogen and oxygen atoms in total. The summed E-state index contributed by atoms with van der Waals surface area (Å²) >= 11 is 0. The van der Waals surface area contributed by atoms with Crippen molar-refractivity contribution >= 4 is 21.8 Å². The third kappa shape index (κ3) is 6.52. The molecular weight excluding hydrogens is 478 g/mol. The van der Waals surface area contributed by atoms with Crippen LogP contribution < -0.4 is 11.1 Å². The third-order valence-corrected chi connectivity index (χ3v) is 8.84. The van der Waals surface area contributed by atoms with E-state index < -0.39 is 39.4 Å². The second kappa shape index (κ2) is 11.5. The van der Waals surface area contributed by atoms with E-state index in [1.165, 1.54) is 4.31 Å². The number of carbonyl (C=O) groups is 2. The average molecular weight is 516 g/mol. The van der Waals surface area contributed by atoms with Gasteiger partial charge in [0.2, 0.25) is 21.8 Å². The number of sulfonamides is 1. The maximum absolute atomic E-state index is 13.6. The Hall–Kier alpha value is -2.75. The highest BCUT2D eigenvalue weighted by molar-refractivity contribution is 7.89. The van der Waals surface area contributed by atoms with Gasteiger partial charge in [-0.25, -0.2) is 8.42 Å². The van der Waals surface area contributed by atoms with Gasteiger partial charge in [0.15, 0.2) is 0 Å². The quantitative estimate of drug-likeness (QED) is 0.353. The summed E-state index contributed by atoms with van der Waals surface area (Å²) < 4.78 is 28.4. The van der Waals surface area contributed by atoms with Crippen LogP contribution in [0, 0.1) is 18.3 Å². The summed E-state index contributed by atoms with van der Waals surface area (Å²) in [5, 5.41) is 14.1. The summed E-state index contributed by atoms with van der Waals surface area (Å²) in [5.41, 5.74) is 6.02. The fourth-order valence-electron chi connectivity index (χ4n) is 4.11. The predicted molar refractivity (Wildman–Crippen MR) is 138 cm³/mol. The number of primary amides is 1. The Kier molecular flexibility index (Phi) is 8.92. The zero-order chi connectivity index (χ0) is 26.5. The summed E-state index contributed by atoms with van der Waals surface area (Å²) in [6, 6.07) is 15.1. The van der Waals surface area contributed by atoms with Crippen LogP contribution >= 0.6 is 0 Å². The second-order valence-corrected chi connectivity index (χ2v) is 11.9. The standard InChI is InChI=1S/C27H37N3O5S/c1-4-19(2)17-30(36(34,35)22-12-10-20(3)11-13-22)18-24(31)23(16-21-8-6-5-7-9-21)29-26(33)27(14-15-27)25(28)32/h5-13,19,23-24,31H,4,14-18H2,1-3H3,(H2,28,32)(H,29,33)/t19-,23-,24+/m0/s1. The minimum absolute atomic E-state index is 0.0594. The number of nitrogens with two attached hydrogens (primary N) is 1. The number of hydrogen-bond acceptors (Lipinski definition) is 5. The van der Waals surface area contributed by atoms with Gasteiger partial charge >= 0.3 is 0 Å². The van der Waals surface area contributed by atoms with Crippen LogP contribution in [0.1, 0.15) is 44.2 Å². The van der Waals surface area contributed by atoms with Crippen molar-refractivity contribution in [1.29, 1.82) is 0 Å². The average Bonchev–Trinajstić information content (AvgIpc) is 3.66. The Balaban J connectivity index is 1.88. The SMILES string of the molecule is CC[C@H](C)CN(C[C@@H](O)[C@H](Cc1ccccc1)NC(=O)C1(C(N)=O)CC1)S(=O)(=O)c1ccc(C)cc1. The molecule has 0 saturated heterocycles. The molecule has 0 bridgehead atoms. The number of aliphatic hydroxyl groups excluding tert-OH is 1. The largest absolute Gasteiger partial charge is 0.390 e. The molecule has 36 heavy (non-hydrogen) atoms. The molecule has 2 amide bonds. The van der Waals surface area contributed by atoms with E-state index in [0.717, 1.165) is 17.5 Å². The van der Waals surface area contributed by atoms with Gasteiger partial charge in [-0.05, 0) is 49.8 Å². The number of rotatable bonds is 13. The van der Waals surface area contributed by atoms with Gasteiger partial charge in [0.1, 0.15) is 5.41 Å². The number of amides is 2. The minimum atomic E-state index is -3.90. The summed E-state index contributed by atoms with van der Waals surface area (Å²) in [5.74, 6) is -1.15. The van der Waals surface area contributed by atoms with E-state index in [1.54, 1.807) is 24.3 Å². The van der Waals surface area contributed by atoms with Crippen molar-refractivity contribution in [3.05, 3.63) is 65.7 Å². The first-order valence-corrected chi connectivity index (χ1v) is 13.8. The van der Waals surface area contributed by atoms with Crippen LogP contribution in [0.5, 0.6) is 0 Å². The number of carbonyl (C=O) groups excluding carboxylic acids is 2. The molecule has 0 heterocycles. The molecule has 4 N–H and O–H groups in total. The van der Waals surface area contributed by atoms with Gasteiger partial charge in [0.25, 0.3) is 0 Å². The molecule has 3 atom stereocenters. The van der Waals surface area contributed by atoms with Crippen LogP contribution in [-0.4, -0.2) is 54.9 Å². The molecule has 9 heteroatoms. The molecule has 1 aliphatic carbocycles. The first-order valence-electron chi connectivity index (χ1n) is 12.4. The molecule has 1 saturated carbocycles. The van der Waals surface area contributed by atoms with Crippen LogP contribution in [0.3, 0.4) is 0 Å². The van der Waals surface area contributed by atoms with Gasteiger partial charge in [0, 0.05) is 13.1 Å². The Labute approximate surface area is 213 Å². The lowest BCUT2D eigenvalue weighted by Gasteiger charge is -2.31. The van der Waals surface area contributed by atoms with E-state index in [0.29, 0.717) is 12.8 Å². The molecular formula is C27H37N3O5S. The molecule has 0 unspecified atom stereocenters. The van der Waals surface area contributed by atoms with Crippen LogP contribution in [0.4, 0.5) is 0 Å². The molecule has 3 rings (SSSR count). The zero-order valence-corrected chi connectivity index (χ0v) is 22.0.